The Hall–Kier alpha value is -2.93. The summed E-state index contributed by atoms with van der Waals surface area (Å²) in [5.74, 6) is 1.79. The molecule has 0 aliphatic carbocycles. The number of rotatable bonds is 5. The summed E-state index contributed by atoms with van der Waals surface area (Å²) in [7, 11) is 4.79. The van der Waals surface area contributed by atoms with Gasteiger partial charge in [-0.25, -0.2) is 0 Å². The number of allylic oxidation sites excluding steroid dienone is 1. The van der Waals surface area contributed by atoms with Gasteiger partial charge in [0.15, 0.2) is 11.5 Å². The van der Waals surface area contributed by atoms with Crippen LogP contribution >= 0.6 is 0 Å². The molecule has 124 valence electrons. The lowest BCUT2D eigenvalue weighted by molar-refractivity contribution is 0.324. The first-order valence-electron chi connectivity index (χ1n) is 7.54. The third-order valence-corrected chi connectivity index (χ3v) is 3.76. The van der Waals surface area contributed by atoms with Crippen LogP contribution in [0.3, 0.4) is 0 Å². The van der Waals surface area contributed by atoms with Crippen molar-refractivity contribution in [2.45, 2.75) is 13.8 Å². The summed E-state index contributed by atoms with van der Waals surface area (Å²) < 4.78 is 16.3. The Morgan fingerprint density at radius 3 is 1.75 bits per heavy atom. The van der Waals surface area contributed by atoms with Crippen LogP contribution in [0, 0.1) is 11.3 Å². The zero-order chi connectivity index (χ0) is 17.7. The summed E-state index contributed by atoms with van der Waals surface area (Å²) >= 11 is 0. The van der Waals surface area contributed by atoms with Gasteiger partial charge in [0, 0.05) is 0 Å². The zero-order valence-electron chi connectivity index (χ0n) is 14.6. The van der Waals surface area contributed by atoms with Crippen molar-refractivity contribution < 1.29 is 14.2 Å². The lowest BCUT2D eigenvalue weighted by Gasteiger charge is -2.17. The van der Waals surface area contributed by atoms with Crippen molar-refractivity contribution in [2.24, 2.45) is 0 Å². The fraction of sp³-hybridized carbons (Fsp3) is 0.250. The van der Waals surface area contributed by atoms with Gasteiger partial charge < -0.3 is 14.2 Å². The molecule has 2 rings (SSSR count). The van der Waals surface area contributed by atoms with Crippen molar-refractivity contribution in [2.75, 3.05) is 21.3 Å². The fourth-order valence-electron chi connectivity index (χ4n) is 2.68. The van der Waals surface area contributed by atoms with E-state index in [2.05, 4.69) is 19.9 Å². The Kier molecular flexibility index (Phi) is 5.49. The average molecular weight is 323 g/mol. The lowest BCUT2D eigenvalue weighted by Crippen LogP contribution is -1.98. The molecule has 0 saturated heterocycles. The molecule has 4 nitrogen and oxygen atoms in total. The van der Waals surface area contributed by atoms with E-state index in [0.717, 1.165) is 22.3 Å². The SMILES string of the molecule is COc1cc(C(=C(C)C)c2ccc(C#N)cc2)cc(OC)c1OC. The molecule has 0 N–H and O–H groups in total. The maximum Gasteiger partial charge on any atom is 0.203 e. The molecular formula is C20H21NO3. The quantitative estimate of drug-likeness (QED) is 0.817. The average Bonchev–Trinajstić information content (AvgIpc) is 2.61. The molecule has 2 aromatic carbocycles. The highest BCUT2D eigenvalue weighted by Crippen LogP contribution is 2.41. The first-order valence-corrected chi connectivity index (χ1v) is 7.54. The van der Waals surface area contributed by atoms with Crippen LogP contribution in [0.2, 0.25) is 0 Å². The maximum absolute atomic E-state index is 8.98. The molecule has 24 heavy (non-hydrogen) atoms. The third kappa shape index (κ3) is 3.36. The predicted molar refractivity (Wildman–Crippen MR) is 94.6 cm³/mol. The highest BCUT2D eigenvalue weighted by atomic mass is 16.5. The number of benzene rings is 2. The molecule has 0 amide bonds. The Balaban J connectivity index is 2.65. The molecular weight excluding hydrogens is 302 g/mol. The highest BCUT2D eigenvalue weighted by Gasteiger charge is 2.16. The zero-order valence-corrected chi connectivity index (χ0v) is 14.6. The molecule has 0 fully saturated rings. The van der Waals surface area contributed by atoms with Crippen LogP contribution in [-0.2, 0) is 0 Å². The normalized spacial score (nSPS) is 9.83. The van der Waals surface area contributed by atoms with E-state index < -0.39 is 0 Å². The number of methoxy groups -OCH3 is 3. The van der Waals surface area contributed by atoms with Crippen molar-refractivity contribution in [3.05, 3.63) is 58.7 Å². The molecule has 0 heterocycles. The van der Waals surface area contributed by atoms with E-state index in [9.17, 15) is 0 Å². The van der Waals surface area contributed by atoms with Gasteiger partial charge in [-0.1, -0.05) is 17.7 Å². The summed E-state index contributed by atoms with van der Waals surface area (Å²) in [6, 6.07) is 13.5. The minimum absolute atomic E-state index is 0.566. The largest absolute Gasteiger partial charge is 0.493 e. The van der Waals surface area contributed by atoms with Gasteiger partial charge >= 0.3 is 0 Å². The molecule has 0 aliphatic heterocycles. The first kappa shape index (κ1) is 17.4. The second-order valence-electron chi connectivity index (χ2n) is 5.48. The summed E-state index contributed by atoms with van der Waals surface area (Å²) in [5.41, 5.74) is 4.85. The van der Waals surface area contributed by atoms with E-state index in [1.807, 2.05) is 36.4 Å². The van der Waals surface area contributed by atoms with Gasteiger partial charge in [-0.15, -0.1) is 0 Å². The maximum atomic E-state index is 8.98. The van der Waals surface area contributed by atoms with E-state index >= 15 is 0 Å². The monoisotopic (exact) mass is 323 g/mol. The molecule has 0 aliphatic rings. The minimum Gasteiger partial charge on any atom is -0.493 e. The number of ether oxygens (including phenoxy) is 3. The number of nitrogens with zero attached hydrogens (tertiary/aromatic N) is 1. The molecule has 0 unspecified atom stereocenters. The van der Waals surface area contributed by atoms with E-state index in [1.54, 1.807) is 21.3 Å². The predicted octanol–water partition coefficient (Wildman–Crippen LogP) is 4.43. The molecule has 0 atom stereocenters. The molecule has 4 heteroatoms. The molecule has 0 radical (unpaired) electrons. The van der Waals surface area contributed by atoms with Gasteiger partial charge in [-0.05, 0) is 54.8 Å². The van der Waals surface area contributed by atoms with Crippen molar-refractivity contribution >= 4 is 5.57 Å². The molecule has 0 bridgehead atoms. The van der Waals surface area contributed by atoms with Crippen LogP contribution in [0.5, 0.6) is 17.2 Å². The fourth-order valence-corrected chi connectivity index (χ4v) is 2.68. The Labute approximate surface area is 142 Å². The lowest BCUT2D eigenvalue weighted by atomic mass is 9.93. The van der Waals surface area contributed by atoms with Gasteiger partial charge in [0.05, 0.1) is 33.0 Å². The van der Waals surface area contributed by atoms with Gasteiger partial charge in [0.1, 0.15) is 0 Å². The van der Waals surface area contributed by atoms with E-state index in [4.69, 9.17) is 19.5 Å². The van der Waals surface area contributed by atoms with Gasteiger partial charge in [0.2, 0.25) is 5.75 Å². The summed E-state index contributed by atoms with van der Waals surface area (Å²) in [6.45, 7) is 4.10. The Morgan fingerprint density at radius 2 is 1.38 bits per heavy atom. The van der Waals surface area contributed by atoms with Crippen LogP contribution in [-0.4, -0.2) is 21.3 Å². The number of hydrogen-bond acceptors (Lipinski definition) is 4. The smallest absolute Gasteiger partial charge is 0.203 e. The van der Waals surface area contributed by atoms with Crippen LogP contribution in [0.25, 0.3) is 5.57 Å². The molecule has 0 aromatic heterocycles. The van der Waals surface area contributed by atoms with Crippen LogP contribution < -0.4 is 14.2 Å². The van der Waals surface area contributed by atoms with E-state index in [1.165, 1.54) is 0 Å². The second kappa shape index (κ2) is 7.56. The first-order chi connectivity index (χ1) is 11.5. The molecule has 0 spiro atoms. The topological polar surface area (TPSA) is 51.5 Å². The van der Waals surface area contributed by atoms with Gasteiger partial charge in [-0.3, -0.25) is 0 Å². The van der Waals surface area contributed by atoms with Crippen LogP contribution in [0.15, 0.2) is 42.0 Å². The molecule has 0 saturated carbocycles. The minimum atomic E-state index is 0.566. The van der Waals surface area contributed by atoms with E-state index in [-0.39, 0.29) is 0 Å². The highest BCUT2D eigenvalue weighted by molar-refractivity contribution is 5.84. The third-order valence-electron chi connectivity index (χ3n) is 3.76. The van der Waals surface area contributed by atoms with Crippen molar-refractivity contribution in [1.82, 2.24) is 0 Å². The Morgan fingerprint density at radius 1 is 0.833 bits per heavy atom. The van der Waals surface area contributed by atoms with Gasteiger partial charge in [0.25, 0.3) is 0 Å². The van der Waals surface area contributed by atoms with Crippen molar-refractivity contribution in [3.8, 4) is 23.3 Å². The van der Waals surface area contributed by atoms with Crippen LogP contribution in [0.4, 0.5) is 0 Å². The van der Waals surface area contributed by atoms with Gasteiger partial charge in [-0.2, -0.15) is 5.26 Å². The van der Waals surface area contributed by atoms with Crippen LogP contribution in [0.1, 0.15) is 30.5 Å². The standard InChI is InChI=1S/C20H21NO3/c1-13(2)19(15-8-6-14(12-21)7-9-15)16-10-17(22-3)20(24-5)18(11-16)23-4/h6-11H,1-5H3. The van der Waals surface area contributed by atoms with Crippen molar-refractivity contribution in [1.29, 1.82) is 5.26 Å². The Bertz CT molecular complexity index is 770. The molecule has 2 aromatic rings. The summed E-state index contributed by atoms with van der Waals surface area (Å²) in [4.78, 5) is 0. The van der Waals surface area contributed by atoms with E-state index in [0.29, 0.717) is 22.8 Å². The number of hydrogen-bond donors (Lipinski definition) is 0. The second-order valence-corrected chi connectivity index (χ2v) is 5.48. The van der Waals surface area contributed by atoms with Crippen molar-refractivity contribution in [3.63, 3.8) is 0 Å². The summed E-state index contributed by atoms with van der Waals surface area (Å²) in [5, 5.41) is 8.98. The number of nitriles is 1. The summed E-state index contributed by atoms with van der Waals surface area (Å²) in [6.07, 6.45) is 0.